The maximum Gasteiger partial charge on any atom is 0.408 e. The largest absolute Gasteiger partial charge is 0.450 e. The average molecular weight is 345 g/mol. The van der Waals surface area contributed by atoms with Crippen molar-refractivity contribution in [1.29, 1.82) is 0 Å². The lowest BCUT2D eigenvalue weighted by molar-refractivity contribution is 0.151. The van der Waals surface area contributed by atoms with Crippen LogP contribution < -0.4 is 5.32 Å². The number of carbonyl (C=O) groups is 1. The molecule has 5 nitrogen and oxygen atoms in total. The van der Waals surface area contributed by atoms with Gasteiger partial charge in [-0.2, -0.15) is 0 Å². The van der Waals surface area contributed by atoms with Gasteiger partial charge in [0.05, 0.1) is 6.61 Å². The number of thioether (sulfide) groups is 1. The molecule has 1 amide bonds. The molecule has 0 aliphatic carbocycles. The van der Waals surface area contributed by atoms with Gasteiger partial charge >= 0.3 is 6.09 Å². The second kappa shape index (κ2) is 7.38. The molecule has 0 fully saturated rings. The van der Waals surface area contributed by atoms with Gasteiger partial charge < -0.3 is 10.1 Å². The van der Waals surface area contributed by atoms with Crippen molar-refractivity contribution in [3.05, 3.63) is 18.1 Å². The number of nitrogens with zero attached hydrogens (tertiary/aromatic N) is 2. The SMILES string of the molecule is CCOC(=O)N[C@H](Sc1cc(C)ncn1)C(Cl)(Cl)Cl. The number of hydrogen-bond donors (Lipinski definition) is 1. The van der Waals surface area contributed by atoms with Gasteiger partial charge in [-0.05, 0) is 19.9 Å². The molecule has 0 saturated heterocycles. The van der Waals surface area contributed by atoms with Gasteiger partial charge in [-0.3, -0.25) is 0 Å². The highest BCUT2D eigenvalue weighted by Gasteiger charge is 2.35. The number of alkyl carbamates (subject to hydrolysis) is 1. The van der Waals surface area contributed by atoms with Crippen LogP contribution in [0, 0.1) is 6.92 Å². The number of rotatable bonds is 4. The van der Waals surface area contributed by atoms with E-state index in [1.807, 2.05) is 6.92 Å². The van der Waals surface area contributed by atoms with Gasteiger partial charge in [0.1, 0.15) is 16.7 Å². The van der Waals surface area contributed by atoms with Crippen LogP contribution in [0.1, 0.15) is 12.6 Å². The summed E-state index contributed by atoms with van der Waals surface area (Å²) in [6.07, 6.45) is 0.745. The maximum absolute atomic E-state index is 11.4. The van der Waals surface area contributed by atoms with Gasteiger partial charge in [0.2, 0.25) is 3.79 Å². The Morgan fingerprint density at radius 1 is 1.53 bits per heavy atom. The molecule has 1 atom stereocenters. The number of ether oxygens (including phenoxy) is 1. The molecule has 1 aromatic rings. The smallest absolute Gasteiger partial charge is 0.408 e. The Kier molecular flexibility index (Phi) is 6.46. The summed E-state index contributed by atoms with van der Waals surface area (Å²) in [6, 6.07) is 1.72. The molecule has 1 heterocycles. The standard InChI is InChI=1S/C10H12Cl3N3O2S/c1-3-18-9(17)16-8(10(11,12)13)19-7-4-6(2)14-5-15-7/h4-5,8H,3H2,1-2H3,(H,16,17)/t8-/m1/s1. The number of hydrogen-bond acceptors (Lipinski definition) is 5. The summed E-state index contributed by atoms with van der Waals surface area (Å²) in [5, 5.41) is 2.23. The number of aromatic nitrogens is 2. The first-order valence-corrected chi connectivity index (χ1v) is 7.29. The Balaban J connectivity index is 2.78. The fourth-order valence-corrected chi connectivity index (χ4v) is 2.51. The molecule has 1 N–H and O–H groups in total. The monoisotopic (exact) mass is 343 g/mol. The van der Waals surface area contributed by atoms with E-state index in [0.717, 1.165) is 17.5 Å². The molecular weight excluding hydrogens is 333 g/mol. The van der Waals surface area contributed by atoms with E-state index in [1.54, 1.807) is 13.0 Å². The van der Waals surface area contributed by atoms with E-state index < -0.39 is 15.3 Å². The third kappa shape index (κ3) is 6.03. The minimum absolute atomic E-state index is 0.232. The Morgan fingerprint density at radius 2 is 2.21 bits per heavy atom. The van der Waals surface area contributed by atoms with E-state index in [-0.39, 0.29) is 6.61 Å². The fourth-order valence-electron chi connectivity index (χ4n) is 1.07. The first kappa shape index (κ1) is 16.6. The lowest BCUT2D eigenvalue weighted by Gasteiger charge is -2.24. The highest BCUT2D eigenvalue weighted by atomic mass is 35.6. The predicted octanol–water partition coefficient (Wildman–Crippen LogP) is 3.32. The lowest BCUT2D eigenvalue weighted by atomic mass is 10.5. The van der Waals surface area contributed by atoms with Crippen molar-refractivity contribution in [3.8, 4) is 0 Å². The molecule has 0 spiro atoms. The first-order valence-electron chi connectivity index (χ1n) is 5.28. The summed E-state index contributed by atoms with van der Waals surface area (Å²) < 4.78 is 3.06. The minimum atomic E-state index is -1.70. The number of aryl methyl sites for hydroxylation is 1. The van der Waals surface area contributed by atoms with Gasteiger partial charge in [-0.1, -0.05) is 46.6 Å². The molecule has 9 heteroatoms. The van der Waals surface area contributed by atoms with E-state index >= 15 is 0 Å². The van der Waals surface area contributed by atoms with Crippen LogP contribution in [-0.4, -0.2) is 31.8 Å². The summed E-state index contributed by atoms with van der Waals surface area (Å²) in [5.74, 6) is 0. The Labute approximate surface area is 130 Å². The van der Waals surface area contributed by atoms with Crippen LogP contribution in [-0.2, 0) is 4.74 Å². The van der Waals surface area contributed by atoms with Crippen LogP contribution >= 0.6 is 46.6 Å². The van der Waals surface area contributed by atoms with E-state index in [1.165, 1.54) is 6.33 Å². The molecule has 0 radical (unpaired) electrons. The van der Waals surface area contributed by atoms with Crippen LogP contribution in [0.25, 0.3) is 0 Å². The van der Waals surface area contributed by atoms with Gasteiger partial charge in [0.15, 0.2) is 0 Å². The second-order valence-electron chi connectivity index (χ2n) is 3.40. The minimum Gasteiger partial charge on any atom is -0.450 e. The van der Waals surface area contributed by atoms with Gasteiger partial charge in [-0.25, -0.2) is 14.8 Å². The average Bonchev–Trinajstić information content (AvgIpc) is 2.27. The molecule has 0 unspecified atom stereocenters. The van der Waals surface area contributed by atoms with Crippen molar-refractivity contribution >= 4 is 52.7 Å². The summed E-state index contributed by atoms with van der Waals surface area (Å²) in [4.78, 5) is 19.4. The third-order valence-electron chi connectivity index (χ3n) is 1.84. The normalized spacial score (nSPS) is 12.9. The molecular formula is C10H12Cl3N3O2S. The molecule has 19 heavy (non-hydrogen) atoms. The van der Waals surface area contributed by atoms with E-state index in [0.29, 0.717) is 5.03 Å². The summed E-state index contributed by atoms with van der Waals surface area (Å²) in [7, 11) is 0. The van der Waals surface area contributed by atoms with Crippen molar-refractivity contribution in [2.24, 2.45) is 0 Å². The number of nitrogens with one attached hydrogen (secondary N) is 1. The lowest BCUT2D eigenvalue weighted by Crippen LogP contribution is -2.41. The Morgan fingerprint density at radius 3 is 2.74 bits per heavy atom. The summed E-state index contributed by atoms with van der Waals surface area (Å²) >= 11 is 18.6. The number of amides is 1. The van der Waals surface area contributed by atoms with Gasteiger partial charge in [-0.15, -0.1) is 0 Å². The predicted molar refractivity (Wildman–Crippen MR) is 76.9 cm³/mol. The molecule has 0 aliphatic rings. The Bertz CT molecular complexity index is 442. The topological polar surface area (TPSA) is 64.1 Å². The first-order chi connectivity index (χ1) is 8.82. The van der Waals surface area contributed by atoms with Crippen LogP contribution in [0.3, 0.4) is 0 Å². The molecule has 106 valence electrons. The van der Waals surface area contributed by atoms with Crippen molar-refractivity contribution in [2.45, 2.75) is 28.0 Å². The number of alkyl halides is 3. The fraction of sp³-hybridized carbons (Fsp3) is 0.500. The van der Waals surface area contributed by atoms with Crippen molar-refractivity contribution in [3.63, 3.8) is 0 Å². The zero-order valence-electron chi connectivity index (χ0n) is 10.2. The van der Waals surface area contributed by atoms with Crippen LogP contribution in [0.15, 0.2) is 17.4 Å². The summed E-state index contributed by atoms with van der Waals surface area (Å²) in [6.45, 7) is 3.73. The zero-order chi connectivity index (χ0) is 14.5. The number of carbonyl (C=O) groups excluding carboxylic acids is 1. The highest BCUT2D eigenvalue weighted by Crippen LogP contribution is 2.38. The number of halogens is 3. The van der Waals surface area contributed by atoms with Crippen LogP contribution in [0.4, 0.5) is 4.79 Å². The maximum atomic E-state index is 11.4. The molecule has 1 rings (SSSR count). The van der Waals surface area contributed by atoms with Crippen molar-refractivity contribution < 1.29 is 9.53 Å². The molecule has 0 aromatic carbocycles. The molecule has 0 bridgehead atoms. The quantitative estimate of drug-likeness (QED) is 0.393. The van der Waals surface area contributed by atoms with Crippen molar-refractivity contribution in [2.75, 3.05) is 6.61 Å². The van der Waals surface area contributed by atoms with E-state index in [4.69, 9.17) is 39.5 Å². The van der Waals surface area contributed by atoms with E-state index in [9.17, 15) is 4.79 Å². The molecule has 1 aromatic heterocycles. The van der Waals surface area contributed by atoms with Gasteiger partial charge in [0, 0.05) is 5.69 Å². The van der Waals surface area contributed by atoms with E-state index in [2.05, 4.69) is 15.3 Å². The highest BCUT2D eigenvalue weighted by molar-refractivity contribution is 8.00. The van der Waals surface area contributed by atoms with Gasteiger partial charge in [0.25, 0.3) is 0 Å². The van der Waals surface area contributed by atoms with Crippen LogP contribution in [0.2, 0.25) is 0 Å². The van der Waals surface area contributed by atoms with Crippen molar-refractivity contribution in [1.82, 2.24) is 15.3 Å². The molecule has 0 aliphatic heterocycles. The third-order valence-corrected chi connectivity index (χ3v) is 4.05. The second-order valence-corrected chi connectivity index (χ2v) is 6.90. The molecule has 0 saturated carbocycles. The Hall–Kier alpha value is -0.430. The van der Waals surface area contributed by atoms with Crippen LogP contribution in [0.5, 0.6) is 0 Å². The summed E-state index contributed by atoms with van der Waals surface area (Å²) in [5.41, 5.74) is 0.775. The zero-order valence-corrected chi connectivity index (χ0v) is 13.3.